The Morgan fingerprint density at radius 2 is 2.09 bits per heavy atom. The lowest BCUT2D eigenvalue weighted by molar-refractivity contribution is 1.62. The van der Waals surface area contributed by atoms with Crippen molar-refractivity contribution < 1.29 is 0 Å². The van der Waals surface area contributed by atoms with Crippen molar-refractivity contribution in [3.05, 3.63) is 47.9 Å². The van der Waals surface area contributed by atoms with Gasteiger partial charge in [0.15, 0.2) is 0 Å². The van der Waals surface area contributed by atoms with Crippen molar-refractivity contribution in [3.8, 4) is 0 Å². The average molecular weight is 166 g/mol. The van der Waals surface area contributed by atoms with Crippen LogP contribution in [0.1, 0.15) is 6.92 Å². The van der Waals surface area contributed by atoms with Crippen LogP contribution in [0.5, 0.6) is 0 Å². The molecule has 0 saturated heterocycles. The fourth-order valence-electron chi connectivity index (χ4n) is 0.666. The van der Waals surface area contributed by atoms with Gasteiger partial charge in [0.25, 0.3) is 0 Å². The summed E-state index contributed by atoms with van der Waals surface area (Å²) in [6, 6.07) is 0. The maximum Gasteiger partial charge on any atom is 0.00696 e. The van der Waals surface area contributed by atoms with Gasteiger partial charge < -0.3 is 0 Å². The molecule has 0 nitrogen and oxygen atoms in total. The molecule has 0 N–H and O–H groups in total. The van der Waals surface area contributed by atoms with E-state index < -0.39 is 0 Å². The summed E-state index contributed by atoms with van der Waals surface area (Å²) < 4.78 is 0. The second-order valence-electron chi connectivity index (χ2n) is 1.99. The molecule has 0 spiro atoms. The highest BCUT2D eigenvalue weighted by Crippen LogP contribution is 2.19. The second-order valence-corrected chi connectivity index (χ2v) is 2.89. The third-order valence-electron chi connectivity index (χ3n) is 1.21. The molecular formula is C10H14S. The molecular weight excluding hydrogens is 152 g/mol. The second kappa shape index (κ2) is 6.05. The highest BCUT2D eigenvalue weighted by molar-refractivity contribution is 8.02. The maximum absolute atomic E-state index is 3.91. The van der Waals surface area contributed by atoms with E-state index in [-0.39, 0.29) is 0 Å². The molecule has 0 aliphatic rings. The van der Waals surface area contributed by atoms with Crippen LogP contribution in [0.4, 0.5) is 0 Å². The van der Waals surface area contributed by atoms with E-state index in [4.69, 9.17) is 0 Å². The Kier molecular flexibility index (Phi) is 5.67. The maximum atomic E-state index is 3.91. The molecule has 0 unspecified atom stereocenters. The first-order valence-electron chi connectivity index (χ1n) is 3.45. The molecule has 0 rings (SSSR count). The number of allylic oxidation sites excluding steroid dienone is 5. The molecule has 0 aromatic heterocycles. The Morgan fingerprint density at radius 3 is 2.45 bits per heavy atom. The van der Waals surface area contributed by atoms with Gasteiger partial charge in [-0.15, -0.1) is 11.8 Å². The number of hydrogen-bond donors (Lipinski definition) is 0. The zero-order valence-electron chi connectivity index (χ0n) is 7.13. The van der Waals surface area contributed by atoms with Gasteiger partial charge in [-0.1, -0.05) is 37.5 Å². The third kappa shape index (κ3) is 3.89. The quantitative estimate of drug-likeness (QED) is 0.575. The first kappa shape index (κ1) is 10.3. The van der Waals surface area contributed by atoms with E-state index in [1.807, 2.05) is 31.4 Å². The van der Waals surface area contributed by atoms with E-state index in [0.717, 1.165) is 10.5 Å². The van der Waals surface area contributed by atoms with Gasteiger partial charge >= 0.3 is 0 Å². The zero-order chi connectivity index (χ0) is 8.69. The summed E-state index contributed by atoms with van der Waals surface area (Å²) in [7, 11) is 0. The minimum Gasteiger partial charge on any atom is -0.130 e. The van der Waals surface area contributed by atoms with Gasteiger partial charge in [-0.05, 0) is 18.8 Å². The van der Waals surface area contributed by atoms with E-state index >= 15 is 0 Å². The lowest BCUT2D eigenvalue weighted by Crippen LogP contribution is -1.77. The third-order valence-corrected chi connectivity index (χ3v) is 1.94. The Bertz CT molecular complexity index is 197. The summed E-state index contributed by atoms with van der Waals surface area (Å²) in [6.07, 6.45) is 9.77. The lowest BCUT2D eigenvalue weighted by Gasteiger charge is -2.00. The molecule has 0 saturated carbocycles. The van der Waals surface area contributed by atoms with Crippen LogP contribution in [-0.4, -0.2) is 6.26 Å². The predicted octanol–water partition coefficient (Wildman–Crippen LogP) is 3.55. The summed E-state index contributed by atoms with van der Waals surface area (Å²) >= 11 is 1.65. The van der Waals surface area contributed by atoms with Crippen LogP contribution in [0.2, 0.25) is 0 Å². The van der Waals surface area contributed by atoms with E-state index in [9.17, 15) is 0 Å². The van der Waals surface area contributed by atoms with Crippen molar-refractivity contribution in [3.63, 3.8) is 0 Å². The molecule has 0 bridgehead atoms. The van der Waals surface area contributed by atoms with Gasteiger partial charge in [-0.3, -0.25) is 0 Å². The summed E-state index contributed by atoms with van der Waals surface area (Å²) in [4.78, 5) is 1.07. The molecule has 0 heterocycles. The molecule has 0 amide bonds. The highest BCUT2D eigenvalue weighted by Gasteiger charge is 1.93. The predicted molar refractivity (Wildman–Crippen MR) is 55.7 cm³/mol. The molecule has 11 heavy (non-hydrogen) atoms. The lowest BCUT2D eigenvalue weighted by atomic mass is 10.2. The molecule has 0 aliphatic carbocycles. The monoisotopic (exact) mass is 166 g/mol. The Balaban J connectivity index is 4.46. The number of rotatable bonds is 4. The fourth-order valence-corrected chi connectivity index (χ4v) is 1.04. The topological polar surface area (TPSA) is 0 Å². The van der Waals surface area contributed by atoms with Crippen molar-refractivity contribution in [1.29, 1.82) is 0 Å². The minimum atomic E-state index is 1.07. The van der Waals surface area contributed by atoms with Gasteiger partial charge in [0, 0.05) is 4.91 Å². The zero-order valence-corrected chi connectivity index (χ0v) is 7.95. The van der Waals surface area contributed by atoms with E-state index in [0.29, 0.717) is 0 Å². The molecule has 0 aromatic rings. The largest absolute Gasteiger partial charge is 0.130 e. The van der Waals surface area contributed by atoms with Crippen molar-refractivity contribution in [2.75, 3.05) is 6.26 Å². The van der Waals surface area contributed by atoms with E-state index in [1.165, 1.54) is 0 Å². The molecule has 0 aliphatic heterocycles. The summed E-state index contributed by atoms with van der Waals surface area (Å²) in [6.45, 7) is 9.54. The van der Waals surface area contributed by atoms with Crippen LogP contribution < -0.4 is 0 Å². The molecule has 60 valence electrons. The first-order valence-corrected chi connectivity index (χ1v) is 4.67. The Morgan fingerprint density at radius 1 is 1.45 bits per heavy atom. The SMILES string of the molecule is C=C/C=C(\C=C/C)C(=C)SC. The first-order chi connectivity index (χ1) is 5.26. The van der Waals surface area contributed by atoms with Gasteiger partial charge in [0.05, 0.1) is 0 Å². The van der Waals surface area contributed by atoms with Gasteiger partial charge in [-0.2, -0.15) is 0 Å². The van der Waals surface area contributed by atoms with Crippen molar-refractivity contribution in [1.82, 2.24) is 0 Å². The van der Waals surface area contributed by atoms with Crippen LogP contribution in [0.15, 0.2) is 47.9 Å². The van der Waals surface area contributed by atoms with Crippen LogP contribution in [0, 0.1) is 0 Å². The molecule has 1 heteroatoms. The summed E-state index contributed by atoms with van der Waals surface area (Å²) in [5.74, 6) is 0. The van der Waals surface area contributed by atoms with Crippen molar-refractivity contribution >= 4 is 11.8 Å². The van der Waals surface area contributed by atoms with Crippen LogP contribution >= 0.6 is 11.8 Å². The molecule has 0 aromatic carbocycles. The fraction of sp³-hybridized carbons (Fsp3) is 0.200. The van der Waals surface area contributed by atoms with E-state index in [1.54, 1.807) is 17.8 Å². The van der Waals surface area contributed by atoms with Gasteiger partial charge in [0.2, 0.25) is 0 Å². The van der Waals surface area contributed by atoms with Crippen LogP contribution in [0.25, 0.3) is 0 Å². The molecule has 0 fully saturated rings. The summed E-state index contributed by atoms with van der Waals surface area (Å²) in [5.41, 5.74) is 1.13. The average Bonchev–Trinajstić information content (AvgIpc) is 2.03. The van der Waals surface area contributed by atoms with Crippen molar-refractivity contribution in [2.45, 2.75) is 6.92 Å². The smallest absolute Gasteiger partial charge is 0.00696 e. The highest BCUT2D eigenvalue weighted by atomic mass is 32.2. The summed E-state index contributed by atoms with van der Waals surface area (Å²) in [5, 5.41) is 0. The Hall–Kier alpha value is -0.690. The number of hydrogen-bond acceptors (Lipinski definition) is 1. The van der Waals surface area contributed by atoms with Crippen molar-refractivity contribution in [2.24, 2.45) is 0 Å². The molecule has 0 atom stereocenters. The Labute approximate surface area is 73.4 Å². The number of thioether (sulfide) groups is 1. The normalized spacial score (nSPS) is 12.0. The minimum absolute atomic E-state index is 1.07. The van der Waals surface area contributed by atoms with E-state index in [2.05, 4.69) is 13.2 Å². The van der Waals surface area contributed by atoms with Gasteiger partial charge in [-0.25, -0.2) is 0 Å². The van der Waals surface area contributed by atoms with Crippen LogP contribution in [0.3, 0.4) is 0 Å². The molecule has 0 radical (unpaired) electrons. The van der Waals surface area contributed by atoms with Crippen LogP contribution in [-0.2, 0) is 0 Å². The van der Waals surface area contributed by atoms with Gasteiger partial charge in [0.1, 0.15) is 0 Å². The standard InChI is InChI=1S/C10H14S/c1-5-7-10(8-6-2)9(3)11-4/h5-8H,1,3H2,2,4H3/b8-6-,10-7+.